The minimum atomic E-state index is -0.714. The molecule has 0 bridgehead atoms. The highest BCUT2D eigenvalue weighted by Crippen LogP contribution is 2.26. The van der Waals surface area contributed by atoms with Crippen LogP contribution in [-0.4, -0.2) is 24.2 Å². The minimum absolute atomic E-state index is 0.231. The maximum Gasteiger partial charge on any atom is 0.142 e. The lowest BCUT2D eigenvalue weighted by Gasteiger charge is -2.18. The van der Waals surface area contributed by atoms with Crippen LogP contribution in [0.25, 0.3) is 0 Å². The summed E-state index contributed by atoms with van der Waals surface area (Å²) in [5.41, 5.74) is 1.85. The average molecular weight is 482 g/mol. The molecule has 3 aromatic carbocycles. The molecule has 0 aromatic heterocycles. The first kappa shape index (κ1) is 24.9. The first-order valence-corrected chi connectivity index (χ1v) is 12.1. The van der Waals surface area contributed by atoms with Crippen molar-refractivity contribution in [3.8, 4) is 5.75 Å². The van der Waals surface area contributed by atoms with Crippen LogP contribution in [0, 0.1) is 5.92 Å². The van der Waals surface area contributed by atoms with Crippen LogP contribution in [0.15, 0.2) is 101 Å². The molecule has 172 valence electrons. The van der Waals surface area contributed by atoms with Crippen LogP contribution in [-0.2, 0) is 11.4 Å². The number of nitrogens with zero attached hydrogens (tertiary/aromatic N) is 1. The van der Waals surface area contributed by atoms with E-state index in [9.17, 15) is 5.11 Å². The van der Waals surface area contributed by atoms with E-state index in [0.717, 1.165) is 32.5 Å². The van der Waals surface area contributed by atoms with E-state index in [1.54, 1.807) is 25.1 Å². The summed E-state index contributed by atoms with van der Waals surface area (Å²) in [5.74, 6) is 1.35. The van der Waals surface area contributed by atoms with Crippen molar-refractivity contribution in [3.63, 3.8) is 0 Å². The number of thioether (sulfide) groups is 1. The molecule has 3 rings (SSSR count). The van der Waals surface area contributed by atoms with Gasteiger partial charge in [-0.25, -0.2) is 0 Å². The number of benzene rings is 3. The van der Waals surface area contributed by atoms with Gasteiger partial charge in [0, 0.05) is 21.6 Å². The van der Waals surface area contributed by atoms with Gasteiger partial charge < -0.3 is 14.7 Å². The number of halogens is 1. The van der Waals surface area contributed by atoms with Crippen molar-refractivity contribution < 1.29 is 14.7 Å². The molecule has 2 atom stereocenters. The monoisotopic (exact) mass is 481 g/mol. The van der Waals surface area contributed by atoms with Gasteiger partial charge in [0.05, 0.1) is 19.4 Å². The van der Waals surface area contributed by atoms with E-state index >= 15 is 0 Å². The van der Waals surface area contributed by atoms with Crippen molar-refractivity contribution in [1.82, 2.24) is 0 Å². The Morgan fingerprint density at radius 1 is 0.970 bits per heavy atom. The Labute approximate surface area is 204 Å². The zero-order valence-corrected chi connectivity index (χ0v) is 20.1. The van der Waals surface area contributed by atoms with E-state index in [0.29, 0.717) is 13.0 Å². The Kier molecular flexibility index (Phi) is 10.4. The molecule has 0 amide bonds. The number of aliphatic hydroxyl groups excluding tert-OH is 1. The van der Waals surface area contributed by atoms with Crippen LogP contribution in [0.4, 0.5) is 0 Å². The van der Waals surface area contributed by atoms with Crippen molar-refractivity contribution in [2.24, 2.45) is 11.1 Å². The molecule has 0 radical (unpaired) electrons. The second-order valence-corrected chi connectivity index (χ2v) is 8.90. The molecular weight excluding hydrogens is 454 g/mol. The standard InChI is InChI=1S/C27H28ClNO3S/c1-31-25-14-10-22(11-15-25)27(30)23(19-29-32-20-21-7-3-2-4-8-21)9-5-6-18-33-26-16-12-24(28)13-17-26/h2-8,10-17,19,23,27,30H,9,18,20H2,1H3/b6-5+,29-19+/t23-,27-/m1/s1. The molecule has 1 N–H and O–H groups in total. The van der Waals surface area contributed by atoms with E-state index in [-0.39, 0.29) is 5.92 Å². The van der Waals surface area contributed by atoms with Gasteiger partial charge in [0.25, 0.3) is 0 Å². The average Bonchev–Trinajstić information content (AvgIpc) is 2.86. The summed E-state index contributed by atoms with van der Waals surface area (Å²) in [4.78, 5) is 6.63. The fourth-order valence-corrected chi connectivity index (χ4v) is 4.00. The number of methoxy groups -OCH3 is 1. The lowest BCUT2D eigenvalue weighted by Crippen LogP contribution is -2.14. The molecule has 0 aliphatic rings. The van der Waals surface area contributed by atoms with Gasteiger partial charge in [0.2, 0.25) is 0 Å². The summed E-state index contributed by atoms with van der Waals surface area (Å²) in [6, 6.07) is 25.1. The van der Waals surface area contributed by atoms with Gasteiger partial charge in [0.1, 0.15) is 12.4 Å². The third-order valence-electron chi connectivity index (χ3n) is 5.00. The van der Waals surface area contributed by atoms with Crippen LogP contribution < -0.4 is 4.74 Å². The summed E-state index contributed by atoms with van der Waals surface area (Å²) in [6.45, 7) is 0.385. The molecule has 0 unspecified atom stereocenters. The molecule has 4 nitrogen and oxygen atoms in total. The van der Waals surface area contributed by atoms with Crippen molar-refractivity contribution in [3.05, 3.63) is 107 Å². The van der Waals surface area contributed by atoms with Gasteiger partial charge in [-0.2, -0.15) is 0 Å². The molecular formula is C27H28ClNO3S. The predicted octanol–water partition coefficient (Wildman–Crippen LogP) is 6.94. The summed E-state index contributed by atoms with van der Waals surface area (Å²) in [7, 11) is 1.62. The first-order valence-electron chi connectivity index (χ1n) is 10.7. The van der Waals surface area contributed by atoms with Crippen molar-refractivity contribution in [2.45, 2.75) is 24.0 Å². The molecule has 3 aromatic rings. The van der Waals surface area contributed by atoms with Crippen LogP contribution in [0.3, 0.4) is 0 Å². The van der Waals surface area contributed by atoms with Gasteiger partial charge in [-0.15, -0.1) is 11.8 Å². The first-order chi connectivity index (χ1) is 16.2. The molecule has 0 saturated carbocycles. The quantitative estimate of drug-likeness (QED) is 0.132. The number of ether oxygens (including phenoxy) is 1. The maximum atomic E-state index is 11.0. The highest BCUT2D eigenvalue weighted by Gasteiger charge is 2.18. The Morgan fingerprint density at radius 2 is 1.70 bits per heavy atom. The van der Waals surface area contributed by atoms with E-state index in [2.05, 4.69) is 17.3 Å². The summed E-state index contributed by atoms with van der Waals surface area (Å²) < 4.78 is 5.22. The fraction of sp³-hybridized carbons (Fsp3) is 0.222. The Bertz CT molecular complexity index is 1010. The number of oxime groups is 1. The molecule has 0 aliphatic heterocycles. The molecule has 0 spiro atoms. The van der Waals surface area contributed by atoms with E-state index in [1.807, 2.05) is 78.9 Å². The second kappa shape index (κ2) is 13.7. The number of aliphatic hydroxyl groups is 1. The summed E-state index contributed by atoms with van der Waals surface area (Å²) in [6.07, 6.45) is 5.78. The van der Waals surface area contributed by atoms with Crippen LogP contribution in [0.1, 0.15) is 23.7 Å². The maximum absolute atomic E-state index is 11.0. The van der Waals surface area contributed by atoms with Gasteiger partial charge >= 0.3 is 0 Å². The largest absolute Gasteiger partial charge is 0.497 e. The lowest BCUT2D eigenvalue weighted by molar-refractivity contribution is 0.119. The molecule has 0 aliphatic carbocycles. The highest BCUT2D eigenvalue weighted by atomic mass is 35.5. The fourth-order valence-electron chi connectivity index (χ4n) is 3.12. The zero-order chi connectivity index (χ0) is 23.3. The van der Waals surface area contributed by atoms with Crippen LogP contribution in [0.2, 0.25) is 5.02 Å². The number of rotatable bonds is 12. The van der Waals surface area contributed by atoms with E-state index in [4.69, 9.17) is 21.2 Å². The number of allylic oxidation sites excluding steroid dienone is 1. The normalized spacial score (nSPS) is 13.3. The van der Waals surface area contributed by atoms with Crippen LogP contribution >= 0.6 is 23.4 Å². The predicted molar refractivity (Wildman–Crippen MR) is 137 cm³/mol. The van der Waals surface area contributed by atoms with E-state index in [1.165, 1.54) is 0 Å². The number of hydrogen-bond acceptors (Lipinski definition) is 5. The summed E-state index contributed by atoms with van der Waals surface area (Å²) >= 11 is 7.67. The molecule has 0 saturated heterocycles. The van der Waals surface area contributed by atoms with Gasteiger partial charge in [0.15, 0.2) is 0 Å². The van der Waals surface area contributed by atoms with Crippen LogP contribution in [0.5, 0.6) is 5.75 Å². The van der Waals surface area contributed by atoms with Crippen molar-refractivity contribution >= 4 is 29.6 Å². The topological polar surface area (TPSA) is 51.0 Å². The molecule has 0 heterocycles. The smallest absolute Gasteiger partial charge is 0.142 e. The zero-order valence-electron chi connectivity index (χ0n) is 18.5. The third kappa shape index (κ3) is 8.61. The SMILES string of the molecule is COc1ccc([C@@H](O)[C@@H](/C=N/OCc2ccccc2)C/C=C/CSc2ccc(Cl)cc2)cc1. The second-order valence-electron chi connectivity index (χ2n) is 7.37. The van der Waals surface area contributed by atoms with Gasteiger partial charge in [-0.1, -0.05) is 71.4 Å². The van der Waals surface area contributed by atoms with Crippen molar-refractivity contribution in [2.75, 3.05) is 12.9 Å². The molecule has 33 heavy (non-hydrogen) atoms. The molecule has 0 fully saturated rings. The summed E-state index contributed by atoms with van der Waals surface area (Å²) in [5, 5.41) is 15.9. The van der Waals surface area contributed by atoms with Gasteiger partial charge in [-0.3, -0.25) is 0 Å². The molecule has 6 heteroatoms. The van der Waals surface area contributed by atoms with E-state index < -0.39 is 6.10 Å². The minimum Gasteiger partial charge on any atom is -0.497 e. The van der Waals surface area contributed by atoms with Gasteiger partial charge in [-0.05, 0) is 53.9 Å². The third-order valence-corrected chi connectivity index (χ3v) is 6.22. The van der Waals surface area contributed by atoms with Crippen molar-refractivity contribution in [1.29, 1.82) is 0 Å². The lowest BCUT2D eigenvalue weighted by atomic mass is 9.93. The number of hydrogen-bond donors (Lipinski definition) is 1. The Balaban J connectivity index is 1.59. The highest BCUT2D eigenvalue weighted by molar-refractivity contribution is 7.99. The Hall–Kier alpha value is -2.73. The Morgan fingerprint density at radius 3 is 2.39 bits per heavy atom.